The van der Waals surface area contributed by atoms with Gasteiger partial charge in [-0.2, -0.15) is 79.0 Å². The number of nitrogens with zero attached hydrogens (tertiary/aromatic N) is 2. The first-order chi connectivity index (χ1) is 34.5. The molecule has 2 nitrogen and oxygen atoms in total. The molecule has 0 fully saturated rings. The zero-order valence-corrected chi connectivity index (χ0v) is 36.7. The molecule has 0 saturated heterocycles. The van der Waals surface area contributed by atoms with Gasteiger partial charge in [0.05, 0.1) is 66.8 Å². The molecule has 74 heavy (non-hydrogen) atoms. The van der Waals surface area contributed by atoms with Gasteiger partial charge in [0, 0.05) is 21.5 Å². The minimum Gasteiger partial charge on any atom is -0.309 e. The molecule has 20 heteroatoms. The first-order valence-electron chi connectivity index (χ1n) is 21.6. The van der Waals surface area contributed by atoms with Crippen molar-refractivity contribution in [3.8, 4) is 44.8 Å². The largest absolute Gasteiger partial charge is 0.418 e. The standard InChI is InChI=1S/C54H26F18N2/c55-49(56,57)31-13-17-33(41(25-31)53(67,68)69)29-9-15-37-35-5-1-3-7-43(35)73(45(37)23-29)47-21-27(11-19-39(47)51(61,62)63)28-12-20-40(52(64,65)66)48(22-28)74-44-8-4-2-6-36(44)38-16-10-30(24-46(38)74)34-18-14-32(50(58,59)60)26-42(34)54(70,71)72/h1-26H. The summed E-state index contributed by atoms with van der Waals surface area (Å²) in [4.78, 5) is 0. The van der Waals surface area contributed by atoms with Crippen LogP contribution in [0.5, 0.6) is 0 Å². The van der Waals surface area contributed by atoms with Crippen molar-refractivity contribution in [2.75, 3.05) is 0 Å². The Bertz CT molecular complexity index is 3620. The number of fused-ring (bicyclic) bond motifs is 6. The molecule has 0 aliphatic carbocycles. The summed E-state index contributed by atoms with van der Waals surface area (Å²) in [7, 11) is 0. The fourth-order valence-electron chi connectivity index (χ4n) is 9.48. The van der Waals surface area contributed by atoms with Crippen molar-refractivity contribution >= 4 is 43.6 Å². The molecule has 10 aromatic rings. The van der Waals surface area contributed by atoms with Gasteiger partial charge in [0.2, 0.25) is 0 Å². The molecule has 0 atom stereocenters. The highest BCUT2D eigenvalue weighted by Crippen LogP contribution is 2.48. The summed E-state index contributed by atoms with van der Waals surface area (Å²) in [6.07, 6.45) is -31.3. The molecule has 0 bridgehead atoms. The molecule has 0 N–H and O–H groups in total. The summed E-state index contributed by atoms with van der Waals surface area (Å²) in [5.74, 6) is 0. The number of benzene rings is 8. The Morgan fingerprint density at radius 3 is 0.905 bits per heavy atom. The molecule has 0 aliphatic heterocycles. The van der Waals surface area contributed by atoms with Gasteiger partial charge in [0.1, 0.15) is 0 Å². The maximum atomic E-state index is 15.2. The van der Waals surface area contributed by atoms with Crippen LogP contribution in [0.25, 0.3) is 88.4 Å². The molecule has 0 spiro atoms. The number of rotatable bonds is 5. The summed E-state index contributed by atoms with van der Waals surface area (Å²) in [6, 6.07) is 25.9. The minimum atomic E-state index is -5.33. The zero-order valence-electron chi connectivity index (χ0n) is 36.7. The van der Waals surface area contributed by atoms with Gasteiger partial charge in [-0.25, -0.2) is 0 Å². The fourth-order valence-corrected chi connectivity index (χ4v) is 9.48. The van der Waals surface area contributed by atoms with Gasteiger partial charge < -0.3 is 9.13 Å². The number of hydrogen-bond donors (Lipinski definition) is 0. The highest BCUT2D eigenvalue weighted by molar-refractivity contribution is 6.11. The summed E-state index contributed by atoms with van der Waals surface area (Å²) in [6.45, 7) is 0. The van der Waals surface area contributed by atoms with Crippen LogP contribution in [-0.4, -0.2) is 9.13 Å². The average Bonchev–Trinajstić information content (AvgIpc) is 3.83. The van der Waals surface area contributed by atoms with Crippen LogP contribution in [0.3, 0.4) is 0 Å². The second-order valence-corrected chi connectivity index (χ2v) is 17.1. The second-order valence-electron chi connectivity index (χ2n) is 17.1. The number of halogens is 18. The first-order valence-corrected chi connectivity index (χ1v) is 21.6. The van der Waals surface area contributed by atoms with Gasteiger partial charge in [0.25, 0.3) is 0 Å². The molecule has 2 aromatic heterocycles. The lowest BCUT2D eigenvalue weighted by Crippen LogP contribution is -2.12. The van der Waals surface area contributed by atoms with Crippen molar-refractivity contribution in [2.24, 2.45) is 0 Å². The van der Waals surface area contributed by atoms with Gasteiger partial charge in [0.15, 0.2) is 0 Å². The van der Waals surface area contributed by atoms with E-state index < -0.39 is 92.9 Å². The van der Waals surface area contributed by atoms with Crippen LogP contribution in [0.15, 0.2) is 158 Å². The van der Waals surface area contributed by atoms with Gasteiger partial charge in [-0.05, 0) is 106 Å². The van der Waals surface area contributed by atoms with Crippen molar-refractivity contribution in [1.82, 2.24) is 9.13 Å². The van der Waals surface area contributed by atoms with Crippen LogP contribution in [0.1, 0.15) is 33.4 Å². The Morgan fingerprint density at radius 2 is 0.568 bits per heavy atom. The molecular weight excluding hydrogens is 1020 g/mol. The normalized spacial score (nSPS) is 13.3. The predicted molar refractivity (Wildman–Crippen MR) is 241 cm³/mol. The zero-order chi connectivity index (χ0) is 53.2. The number of hydrogen-bond acceptors (Lipinski definition) is 0. The minimum absolute atomic E-state index is 0.0710. The second kappa shape index (κ2) is 16.8. The van der Waals surface area contributed by atoms with E-state index >= 15 is 26.3 Å². The van der Waals surface area contributed by atoms with Crippen LogP contribution in [0, 0.1) is 0 Å². The molecule has 0 radical (unpaired) electrons. The third kappa shape index (κ3) is 8.62. The van der Waals surface area contributed by atoms with E-state index in [0.717, 1.165) is 57.7 Å². The molecule has 10 rings (SSSR count). The Labute approximate surface area is 403 Å². The van der Waals surface area contributed by atoms with E-state index in [4.69, 9.17) is 0 Å². The van der Waals surface area contributed by atoms with Crippen molar-refractivity contribution in [3.05, 3.63) is 191 Å². The monoisotopic (exact) mass is 1040 g/mol. The van der Waals surface area contributed by atoms with Crippen molar-refractivity contribution < 1.29 is 79.0 Å². The van der Waals surface area contributed by atoms with E-state index in [9.17, 15) is 52.7 Å². The average molecular weight is 1040 g/mol. The van der Waals surface area contributed by atoms with E-state index in [1.807, 2.05) is 0 Å². The van der Waals surface area contributed by atoms with Gasteiger partial charge in [-0.15, -0.1) is 0 Å². The molecule has 0 saturated carbocycles. The Hall–Kier alpha value is -7.90. The highest BCUT2D eigenvalue weighted by Gasteiger charge is 2.41. The van der Waals surface area contributed by atoms with Crippen LogP contribution >= 0.6 is 0 Å². The fraction of sp³-hybridized carbons (Fsp3) is 0.111. The summed E-state index contributed by atoms with van der Waals surface area (Å²) < 4.78 is 262. The van der Waals surface area contributed by atoms with Gasteiger partial charge >= 0.3 is 37.1 Å². The van der Waals surface area contributed by atoms with Gasteiger partial charge in [-0.1, -0.05) is 84.9 Å². The van der Waals surface area contributed by atoms with Crippen molar-refractivity contribution in [1.29, 1.82) is 0 Å². The van der Waals surface area contributed by atoms with E-state index in [-0.39, 0.29) is 78.0 Å². The van der Waals surface area contributed by atoms with Gasteiger partial charge in [-0.3, -0.25) is 0 Å². The lowest BCUT2D eigenvalue weighted by molar-refractivity contribution is -0.144. The molecule has 2 heterocycles. The number of aromatic nitrogens is 2. The van der Waals surface area contributed by atoms with E-state index in [0.29, 0.717) is 36.4 Å². The third-order valence-corrected chi connectivity index (χ3v) is 12.7. The Morgan fingerprint density at radius 1 is 0.243 bits per heavy atom. The first kappa shape index (κ1) is 49.7. The molecule has 378 valence electrons. The van der Waals surface area contributed by atoms with E-state index in [1.165, 1.54) is 60.7 Å². The number of para-hydroxylation sites is 2. The van der Waals surface area contributed by atoms with Crippen molar-refractivity contribution in [2.45, 2.75) is 37.1 Å². The maximum absolute atomic E-state index is 15.2. The Kier molecular flexibility index (Phi) is 11.3. The summed E-state index contributed by atoms with van der Waals surface area (Å²) in [5.41, 5.74) is -13.1. The summed E-state index contributed by atoms with van der Waals surface area (Å²) in [5, 5.41) is 0.976. The SMILES string of the molecule is FC(F)(F)c1ccc(-c2ccc3c4ccccc4n(-c4cc(-c5ccc(C(F)(F)F)c(-n6c7ccccc7c7ccc(-c8ccc(C(F)(F)F)cc8C(F)(F)F)cc76)c5)ccc4C(F)(F)F)c3c2)c(C(F)(F)F)c1. The Balaban J connectivity index is 1.21. The molecular formula is C54H26F18N2. The van der Waals surface area contributed by atoms with E-state index in [2.05, 4.69) is 0 Å². The van der Waals surface area contributed by atoms with Crippen LogP contribution in [0.2, 0.25) is 0 Å². The highest BCUT2D eigenvalue weighted by atomic mass is 19.4. The van der Waals surface area contributed by atoms with Crippen LogP contribution in [-0.2, 0) is 37.1 Å². The quantitative estimate of drug-likeness (QED) is 0.152. The van der Waals surface area contributed by atoms with Crippen molar-refractivity contribution in [3.63, 3.8) is 0 Å². The lowest BCUT2D eigenvalue weighted by atomic mass is 9.95. The molecule has 0 aliphatic rings. The molecule has 0 amide bonds. The topological polar surface area (TPSA) is 9.86 Å². The molecule has 0 unspecified atom stereocenters. The smallest absolute Gasteiger partial charge is 0.309 e. The summed E-state index contributed by atoms with van der Waals surface area (Å²) >= 11 is 0. The third-order valence-electron chi connectivity index (χ3n) is 12.7. The van der Waals surface area contributed by atoms with Crippen LogP contribution < -0.4 is 0 Å². The van der Waals surface area contributed by atoms with E-state index in [1.54, 1.807) is 0 Å². The molecule has 8 aromatic carbocycles. The number of alkyl halides is 18. The lowest BCUT2D eigenvalue weighted by Gasteiger charge is -2.20. The predicted octanol–water partition coefficient (Wildman–Crippen LogP) is 19.0. The van der Waals surface area contributed by atoms with Crippen LogP contribution in [0.4, 0.5) is 79.0 Å². The maximum Gasteiger partial charge on any atom is 0.418 e.